The van der Waals surface area contributed by atoms with Crippen molar-refractivity contribution in [3.63, 3.8) is 0 Å². The van der Waals surface area contributed by atoms with E-state index in [4.69, 9.17) is 4.74 Å². The molecule has 24 heavy (non-hydrogen) atoms. The molecule has 2 rings (SSSR count). The number of nitrogens with zero attached hydrogens (tertiary/aromatic N) is 2. The molecule has 0 spiro atoms. The Kier molecular flexibility index (Phi) is 5.56. The van der Waals surface area contributed by atoms with Gasteiger partial charge < -0.3 is 9.64 Å². The second-order valence-electron chi connectivity index (χ2n) is 5.40. The van der Waals surface area contributed by atoms with Gasteiger partial charge in [0.15, 0.2) is 0 Å². The fourth-order valence-corrected chi connectivity index (χ4v) is 2.76. The van der Waals surface area contributed by atoms with Crippen LogP contribution in [-0.4, -0.2) is 29.9 Å². The molecule has 0 aliphatic heterocycles. The molecule has 0 radical (unpaired) electrons. The van der Waals surface area contributed by atoms with Gasteiger partial charge in [-0.05, 0) is 41.1 Å². The number of benzene rings is 2. The first-order chi connectivity index (χ1) is 11.3. The van der Waals surface area contributed by atoms with Crippen molar-refractivity contribution in [3.8, 4) is 5.75 Å². The Morgan fingerprint density at radius 2 is 2.00 bits per heavy atom. The van der Waals surface area contributed by atoms with Crippen molar-refractivity contribution >= 4 is 27.5 Å². The number of hydrogen-bond donors (Lipinski definition) is 0. The summed E-state index contributed by atoms with van der Waals surface area (Å²) in [5.41, 5.74) is 2.06. The van der Waals surface area contributed by atoms with E-state index in [-0.39, 0.29) is 17.2 Å². The maximum absolute atomic E-state index is 12.6. The van der Waals surface area contributed by atoms with Gasteiger partial charge in [-0.2, -0.15) is 0 Å². The third kappa shape index (κ3) is 3.91. The zero-order chi connectivity index (χ0) is 17.9. The molecule has 2 aromatic rings. The van der Waals surface area contributed by atoms with E-state index < -0.39 is 4.92 Å². The number of carbonyl (C=O) groups is 1. The van der Waals surface area contributed by atoms with Crippen LogP contribution in [0.15, 0.2) is 40.9 Å². The van der Waals surface area contributed by atoms with E-state index in [0.29, 0.717) is 16.8 Å². The van der Waals surface area contributed by atoms with Gasteiger partial charge in [-0.3, -0.25) is 14.9 Å². The van der Waals surface area contributed by atoms with Gasteiger partial charge in [-0.25, -0.2) is 0 Å². The van der Waals surface area contributed by atoms with Gasteiger partial charge in [0.05, 0.1) is 16.5 Å². The fourth-order valence-electron chi connectivity index (χ4n) is 2.36. The summed E-state index contributed by atoms with van der Waals surface area (Å²) < 4.78 is 5.66. The van der Waals surface area contributed by atoms with E-state index in [1.54, 1.807) is 20.2 Å². The molecule has 0 saturated heterocycles. The Hall–Kier alpha value is -2.41. The number of hydrogen-bond acceptors (Lipinski definition) is 4. The molecule has 1 amide bonds. The van der Waals surface area contributed by atoms with Crippen LogP contribution in [0.25, 0.3) is 0 Å². The van der Waals surface area contributed by atoms with E-state index in [2.05, 4.69) is 15.9 Å². The molecule has 0 unspecified atom stereocenters. The Bertz CT molecular complexity index is 792. The number of methoxy groups -OCH3 is 1. The average molecular weight is 393 g/mol. The molecule has 7 heteroatoms. The van der Waals surface area contributed by atoms with Crippen molar-refractivity contribution in [2.45, 2.75) is 13.5 Å². The van der Waals surface area contributed by atoms with Crippen LogP contribution >= 0.6 is 15.9 Å². The zero-order valence-electron chi connectivity index (χ0n) is 13.6. The molecular weight excluding hydrogens is 376 g/mol. The van der Waals surface area contributed by atoms with Gasteiger partial charge in [-0.1, -0.05) is 17.7 Å². The fraction of sp³-hybridized carbons (Fsp3) is 0.235. The highest BCUT2D eigenvalue weighted by molar-refractivity contribution is 9.10. The first-order valence-electron chi connectivity index (χ1n) is 7.16. The summed E-state index contributed by atoms with van der Waals surface area (Å²) in [7, 11) is 3.23. The Morgan fingerprint density at radius 1 is 1.29 bits per heavy atom. The highest BCUT2D eigenvalue weighted by Gasteiger charge is 2.19. The summed E-state index contributed by atoms with van der Waals surface area (Å²) in [6.07, 6.45) is 0. The van der Waals surface area contributed by atoms with Crippen molar-refractivity contribution in [2.24, 2.45) is 0 Å². The summed E-state index contributed by atoms with van der Waals surface area (Å²) in [4.78, 5) is 24.6. The summed E-state index contributed by atoms with van der Waals surface area (Å²) in [5.74, 6) is 0.399. The second-order valence-corrected chi connectivity index (χ2v) is 6.25. The molecule has 0 fully saturated rings. The number of carbonyl (C=O) groups excluding carboxylic acids is 1. The Morgan fingerprint density at radius 3 is 2.62 bits per heavy atom. The number of rotatable bonds is 5. The topological polar surface area (TPSA) is 72.7 Å². The molecule has 0 aliphatic rings. The lowest BCUT2D eigenvalue weighted by Gasteiger charge is -2.19. The maximum atomic E-state index is 12.6. The standard InChI is InChI=1S/C17H17BrN2O4/c1-11-4-7-16(24-3)13(8-11)10-19(2)17(21)12-5-6-14(18)15(9-12)20(22)23/h4-9H,10H2,1-3H3. The number of ether oxygens (including phenoxy) is 1. The van der Waals surface area contributed by atoms with Crippen LogP contribution in [0.3, 0.4) is 0 Å². The summed E-state index contributed by atoms with van der Waals surface area (Å²) in [6, 6.07) is 10.1. The van der Waals surface area contributed by atoms with Crippen LogP contribution in [-0.2, 0) is 6.54 Å². The minimum absolute atomic E-state index is 0.137. The average Bonchev–Trinajstić information content (AvgIpc) is 2.54. The van der Waals surface area contributed by atoms with E-state index in [1.165, 1.54) is 17.0 Å². The smallest absolute Gasteiger partial charge is 0.284 e. The lowest BCUT2D eigenvalue weighted by molar-refractivity contribution is -0.385. The predicted molar refractivity (Wildman–Crippen MR) is 94.3 cm³/mol. The van der Waals surface area contributed by atoms with E-state index in [1.807, 2.05) is 25.1 Å². The first kappa shape index (κ1) is 17.9. The third-order valence-electron chi connectivity index (χ3n) is 3.58. The monoisotopic (exact) mass is 392 g/mol. The second kappa shape index (κ2) is 7.44. The molecule has 0 atom stereocenters. The van der Waals surface area contributed by atoms with Gasteiger partial charge in [0.1, 0.15) is 5.75 Å². The summed E-state index contributed by atoms with van der Waals surface area (Å²) >= 11 is 3.11. The third-order valence-corrected chi connectivity index (χ3v) is 4.25. The van der Waals surface area contributed by atoms with Crippen molar-refractivity contribution in [3.05, 3.63) is 67.7 Å². The number of aryl methyl sites for hydroxylation is 1. The maximum Gasteiger partial charge on any atom is 0.284 e. The normalized spacial score (nSPS) is 10.3. The Balaban J connectivity index is 2.26. The molecule has 126 valence electrons. The number of nitro groups is 1. The van der Waals surface area contributed by atoms with Crippen molar-refractivity contribution in [2.75, 3.05) is 14.2 Å². The molecule has 0 bridgehead atoms. The quantitative estimate of drug-likeness (QED) is 0.570. The zero-order valence-corrected chi connectivity index (χ0v) is 15.2. The van der Waals surface area contributed by atoms with Gasteiger partial charge in [0.2, 0.25) is 0 Å². The molecule has 0 saturated carbocycles. The molecule has 0 aliphatic carbocycles. The van der Waals surface area contributed by atoms with Crippen LogP contribution in [0.4, 0.5) is 5.69 Å². The van der Waals surface area contributed by atoms with Gasteiger partial charge in [0, 0.05) is 30.8 Å². The molecule has 0 aromatic heterocycles. The van der Waals surface area contributed by atoms with E-state index >= 15 is 0 Å². The Labute approximate surface area is 148 Å². The summed E-state index contributed by atoms with van der Waals surface area (Å²) in [6.45, 7) is 2.30. The number of amides is 1. The number of nitro benzene ring substituents is 1. The molecule has 2 aromatic carbocycles. The highest BCUT2D eigenvalue weighted by Crippen LogP contribution is 2.27. The molecule has 0 heterocycles. The van der Waals surface area contributed by atoms with Crippen LogP contribution in [0, 0.1) is 17.0 Å². The minimum atomic E-state index is -0.523. The van der Waals surface area contributed by atoms with Gasteiger partial charge in [-0.15, -0.1) is 0 Å². The van der Waals surface area contributed by atoms with Crippen LogP contribution in [0.5, 0.6) is 5.75 Å². The minimum Gasteiger partial charge on any atom is -0.496 e. The van der Waals surface area contributed by atoms with Crippen molar-refractivity contribution in [1.29, 1.82) is 0 Å². The summed E-state index contributed by atoms with van der Waals surface area (Å²) in [5, 5.41) is 11.0. The van der Waals surface area contributed by atoms with Crippen molar-refractivity contribution in [1.82, 2.24) is 4.90 Å². The first-order valence-corrected chi connectivity index (χ1v) is 7.95. The highest BCUT2D eigenvalue weighted by atomic mass is 79.9. The largest absolute Gasteiger partial charge is 0.496 e. The van der Waals surface area contributed by atoms with Crippen LogP contribution < -0.4 is 4.74 Å². The van der Waals surface area contributed by atoms with Crippen LogP contribution in [0.1, 0.15) is 21.5 Å². The van der Waals surface area contributed by atoms with Gasteiger partial charge >= 0.3 is 0 Å². The number of halogens is 1. The molecule has 6 nitrogen and oxygen atoms in total. The van der Waals surface area contributed by atoms with Crippen LogP contribution in [0.2, 0.25) is 0 Å². The lowest BCUT2D eigenvalue weighted by Crippen LogP contribution is -2.26. The molecule has 0 N–H and O–H groups in total. The molecular formula is C17H17BrN2O4. The lowest BCUT2D eigenvalue weighted by atomic mass is 10.1. The SMILES string of the molecule is COc1ccc(C)cc1CN(C)C(=O)c1ccc(Br)c([N+](=O)[O-])c1. The predicted octanol–water partition coefficient (Wildman–Crippen LogP) is 3.95. The van der Waals surface area contributed by atoms with E-state index in [0.717, 1.165) is 11.1 Å². The van der Waals surface area contributed by atoms with E-state index in [9.17, 15) is 14.9 Å². The van der Waals surface area contributed by atoms with Gasteiger partial charge in [0.25, 0.3) is 11.6 Å². The van der Waals surface area contributed by atoms with Crippen molar-refractivity contribution < 1.29 is 14.5 Å².